The standard InChI is InChI=1S/C8H5N5OS/c14-7-4-3-10-13-5(4)11-6(12-7)8-9-1-2-15-8/h1-3H,(H2,10,11,12,13,14). The van der Waals surface area contributed by atoms with E-state index in [9.17, 15) is 4.79 Å². The average Bonchev–Trinajstić information content (AvgIpc) is 2.88. The SMILES string of the molecule is O=c1[nH]c(-c2nccs2)nc2[nH]ncc12. The zero-order chi connectivity index (χ0) is 10.3. The molecule has 0 radical (unpaired) electrons. The fourth-order valence-corrected chi connectivity index (χ4v) is 1.87. The second-order valence-electron chi connectivity index (χ2n) is 2.88. The Kier molecular flexibility index (Phi) is 1.65. The molecule has 74 valence electrons. The van der Waals surface area contributed by atoms with E-state index < -0.39 is 0 Å². The third-order valence-corrected chi connectivity index (χ3v) is 2.73. The molecule has 0 amide bonds. The molecule has 0 aliphatic rings. The summed E-state index contributed by atoms with van der Waals surface area (Å²) in [5, 5.41) is 9.38. The number of thiazole rings is 1. The quantitative estimate of drug-likeness (QED) is 0.632. The van der Waals surface area contributed by atoms with E-state index in [1.54, 1.807) is 6.20 Å². The Bertz CT molecular complexity index is 653. The van der Waals surface area contributed by atoms with Crippen molar-refractivity contribution in [3.8, 4) is 10.8 Å². The summed E-state index contributed by atoms with van der Waals surface area (Å²) in [5.74, 6) is 0.465. The number of rotatable bonds is 1. The minimum Gasteiger partial charge on any atom is -0.304 e. The van der Waals surface area contributed by atoms with Crippen LogP contribution in [0.3, 0.4) is 0 Å². The van der Waals surface area contributed by atoms with Gasteiger partial charge in [-0.05, 0) is 0 Å². The molecule has 3 heterocycles. The monoisotopic (exact) mass is 219 g/mol. The van der Waals surface area contributed by atoms with Crippen molar-refractivity contribution in [1.29, 1.82) is 0 Å². The van der Waals surface area contributed by atoms with Gasteiger partial charge in [-0.25, -0.2) is 9.97 Å². The molecule has 3 aromatic heterocycles. The molecule has 3 rings (SSSR count). The Morgan fingerprint density at radius 1 is 1.40 bits per heavy atom. The van der Waals surface area contributed by atoms with Gasteiger partial charge in [-0.15, -0.1) is 11.3 Å². The van der Waals surface area contributed by atoms with Crippen LogP contribution in [-0.4, -0.2) is 25.1 Å². The summed E-state index contributed by atoms with van der Waals surface area (Å²) in [4.78, 5) is 22.5. The molecule has 0 bridgehead atoms. The van der Waals surface area contributed by atoms with E-state index in [4.69, 9.17) is 0 Å². The first-order valence-corrected chi connectivity index (χ1v) is 5.06. The molecule has 6 nitrogen and oxygen atoms in total. The predicted molar refractivity (Wildman–Crippen MR) is 55.6 cm³/mol. The van der Waals surface area contributed by atoms with Gasteiger partial charge in [-0.2, -0.15) is 5.10 Å². The second-order valence-corrected chi connectivity index (χ2v) is 3.78. The maximum Gasteiger partial charge on any atom is 0.262 e. The highest BCUT2D eigenvalue weighted by atomic mass is 32.1. The largest absolute Gasteiger partial charge is 0.304 e. The Labute approximate surface area is 87.0 Å². The third-order valence-electron chi connectivity index (χ3n) is 1.95. The smallest absolute Gasteiger partial charge is 0.262 e. The molecular weight excluding hydrogens is 214 g/mol. The molecule has 0 fully saturated rings. The van der Waals surface area contributed by atoms with Gasteiger partial charge >= 0.3 is 0 Å². The highest BCUT2D eigenvalue weighted by Gasteiger charge is 2.08. The van der Waals surface area contributed by atoms with Gasteiger partial charge in [0, 0.05) is 11.6 Å². The third kappa shape index (κ3) is 1.24. The average molecular weight is 219 g/mol. The Hall–Kier alpha value is -2.02. The molecule has 0 aliphatic carbocycles. The number of H-pyrrole nitrogens is 2. The van der Waals surface area contributed by atoms with Crippen LogP contribution in [0.15, 0.2) is 22.6 Å². The minimum absolute atomic E-state index is 0.209. The maximum absolute atomic E-state index is 11.6. The number of fused-ring (bicyclic) bond motifs is 1. The Morgan fingerprint density at radius 3 is 3.13 bits per heavy atom. The van der Waals surface area contributed by atoms with Crippen molar-refractivity contribution < 1.29 is 0 Å². The van der Waals surface area contributed by atoms with Crippen LogP contribution in [0.5, 0.6) is 0 Å². The van der Waals surface area contributed by atoms with Gasteiger partial charge in [0.1, 0.15) is 5.39 Å². The summed E-state index contributed by atoms with van der Waals surface area (Å²) >= 11 is 1.42. The minimum atomic E-state index is -0.209. The van der Waals surface area contributed by atoms with Crippen molar-refractivity contribution in [3.63, 3.8) is 0 Å². The van der Waals surface area contributed by atoms with E-state index in [2.05, 4.69) is 25.1 Å². The normalized spacial score (nSPS) is 10.9. The van der Waals surface area contributed by atoms with Crippen LogP contribution in [0.25, 0.3) is 21.9 Å². The molecule has 15 heavy (non-hydrogen) atoms. The molecule has 0 atom stereocenters. The van der Waals surface area contributed by atoms with Crippen LogP contribution in [0.2, 0.25) is 0 Å². The van der Waals surface area contributed by atoms with Gasteiger partial charge in [0.2, 0.25) is 0 Å². The molecule has 0 aliphatic heterocycles. The Balaban J connectivity index is 2.34. The van der Waals surface area contributed by atoms with E-state index in [0.29, 0.717) is 21.9 Å². The lowest BCUT2D eigenvalue weighted by Gasteiger charge is -1.94. The molecule has 2 N–H and O–H groups in total. The molecule has 0 aromatic carbocycles. The number of aromatic nitrogens is 5. The summed E-state index contributed by atoms with van der Waals surface area (Å²) < 4.78 is 0. The predicted octanol–water partition coefficient (Wildman–Crippen LogP) is 0.770. The van der Waals surface area contributed by atoms with Crippen molar-refractivity contribution in [3.05, 3.63) is 28.1 Å². The van der Waals surface area contributed by atoms with E-state index >= 15 is 0 Å². The van der Waals surface area contributed by atoms with Crippen molar-refractivity contribution in [2.45, 2.75) is 0 Å². The van der Waals surface area contributed by atoms with Gasteiger partial charge in [0.25, 0.3) is 5.56 Å². The lowest BCUT2D eigenvalue weighted by molar-refractivity contribution is 1.08. The highest BCUT2D eigenvalue weighted by molar-refractivity contribution is 7.13. The van der Waals surface area contributed by atoms with E-state index in [0.717, 1.165) is 0 Å². The molecule has 7 heteroatoms. The van der Waals surface area contributed by atoms with Crippen molar-refractivity contribution in [2.75, 3.05) is 0 Å². The van der Waals surface area contributed by atoms with E-state index in [-0.39, 0.29) is 5.56 Å². The summed E-state index contributed by atoms with van der Waals surface area (Å²) in [6.07, 6.45) is 3.12. The van der Waals surface area contributed by atoms with Crippen LogP contribution in [0.4, 0.5) is 0 Å². The van der Waals surface area contributed by atoms with Crippen LogP contribution in [0.1, 0.15) is 0 Å². The van der Waals surface area contributed by atoms with Gasteiger partial charge in [-0.3, -0.25) is 9.89 Å². The topological polar surface area (TPSA) is 87.3 Å². The first-order chi connectivity index (χ1) is 7.34. The van der Waals surface area contributed by atoms with Crippen molar-refractivity contribution >= 4 is 22.4 Å². The fourth-order valence-electron chi connectivity index (χ4n) is 1.29. The lowest BCUT2D eigenvalue weighted by atomic mass is 10.4. The van der Waals surface area contributed by atoms with Crippen molar-refractivity contribution in [1.82, 2.24) is 25.1 Å². The number of hydrogen-bond donors (Lipinski definition) is 2. The fraction of sp³-hybridized carbons (Fsp3) is 0. The molecule has 3 aromatic rings. The number of nitrogens with zero attached hydrogens (tertiary/aromatic N) is 3. The molecule has 0 unspecified atom stereocenters. The molecular formula is C8H5N5OS. The van der Waals surface area contributed by atoms with Gasteiger partial charge in [-0.1, -0.05) is 0 Å². The van der Waals surface area contributed by atoms with Crippen LogP contribution < -0.4 is 5.56 Å². The summed E-state index contributed by atoms with van der Waals surface area (Å²) in [6, 6.07) is 0. The molecule has 0 saturated heterocycles. The summed E-state index contributed by atoms with van der Waals surface area (Å²) in [7, 11) is 0. The van der Waals surface area contributed by atoms with Gasteiger partial charge in [0.05, 0.1) is 6.20 Å². The van der Waals surface area contributed by atoms with E-state index in [1.165, 1.54) is 17.5 Å². The number of aromatic amines is 2. The van der Waals surface area contributed by atoms with E-state index in [1.807, 2.05) is 5.38 Å². The first kappa shape index (κ1) is 8.30. The van der Waals surface area contributed by atoms with Gasteiger partial charge < -0.3 is 4.98 Å². The van der Waals surface area contributed by atoms with Crippen LogP contribution in [0, 0.1) is 0 Å². The zero-order valence-corrected chi connectivity index (χ0v) is 8.21. The van der Waals surface area contributed by atoms with Crippen LogP contribution >= 0.6 is 11.3 Å². The summed E-state index contributed by atoms with van der Waals surface area (Å²) in [6.45, 7) is 0. The van der Waals surface area contributed by atoms with Crippen LogP contribution in [-0.2, 0) is 0 Å². The number of hydrogen-bond acceptors (Lipinski definition) is 5. The first-order valence-electron chi connectivity index (χ1n) is 4.18. The maximum atomic E-state index is 11.6. The van der Waals surface area contributed by atoms with Crippen molar-refractivity contribution in [2.24, 2.45) is 0 Å². The van der Waals surface area contributed by atoms with Gasteiger partial charge in [0.15, 0.2) is 16.5 Å². The Morgan fingerprint density at radius 2 is 2.33 bits per heavy atom. The molecule has 0 spiro atoms. The number of nitrogens with one attached hydrogen (secondary N) is 2. The second kappa shape index (κ2) is 2.99. The highest BCUT2D eigenvalue weighted by Crippen LogP contribution is 2.16. The lowest BCUT2D eigenvalue weighted by Crippen LogP contribution is -2.08. The zero-order valence-electron chi connectivity index (χ0n) is 7.39. The molecule has 0 saturated carbocycles. The summed E-state index contributed by atoms with van der Waals surface area (Å²) in [5.41, 5.74) is 0.267.